The standard InChI is InChI=1S/C14H17ClN2O3/c1-9-5-4-8-17(12(9)13(18)19)14(20)16-11-7-3-2-6-10(11)15/h2-3,6-7,9,12H,4-5,8H2,1H3,(H,16,20)(H,18,19). The first-order valence-corrected chi connectivity index (χ1v) is 6.93. The van der Waals surface area contributed by atoms with Crippen LogP contribution in [0.1, 0.15) is 19.8 Å². The molecule has 1 saturated heterocycles. The molecular formula is C14H17ClN2O3. The molecule has 0 aliphatic carbocycles. The molecule has 2 unspecified atom stereocenters. The number of halogens is 1. The highest BCUT2D eigenvalue weighted by molar-refractivity contribution is 6.33. The molecule has 5 nitrogen and oxygen atoms in total. The van der Waals surface area contributed by atoms with E-state index in [1.807, 2.05) is 6.92 Å². The number of nitrogens with one attached hydrogen (secondary N) is 1. The molecule has 2 atom stereocenters. The molecule has 1 aromatic carbocycles. The molecule has 0 aromatic heterocycles. The number of carboxylic acid groups (broad SMARTS) is 1. The van der Waals surface area contributed by atoms with Gasteiger partial charge < -0.3 is 15.3 Å². The average Bonchev–Trinajstić information content (AvgIpc) is 2.40. The van der Waals surface area contributed by atoms with Gasteiger partial charge in [0.15, 0.2) is 0 Å². The number of anilines is 1. The van der Waals surface area contributed by atoms with E-state index in [1.54, 1.807) is 24.3 Å². The van der Waals surface area contributed by atoms with Crippen LogP contribution >= 0.6 is 11.6 Å². The van der Waals surface area contributed by atoms with Crippen LogP contribution in [-0.4, -0.2) is 34.6 Å². The van der Waals surface area contributed by atoms with Gasteiger partial charge in [0, 0.05) is 6.54 Å². The Morgan fingerprint density at radius 2 is 2.10 bits per heavy atom. The molecule has 1 aliphatic heterocycles. The lowest BCUT2D eigenvalue weighted by molar-refractivity contribution is -0.145. The molecule has 2 rings (SSSR count). The summed E-state index contributed by atoms with van der Waals surface area (Å²) in [5.41, 5.74) is 0.488. The van der Waals surface area contributed by atoms with Crippen LogP contribution < -0.4 is 5.32 Å². The van der Waals surface area contributed by atoms with Crippen LogP contribution in [-0.2, 0) is 4.79 Å². The maximum Gasteiger partial charge on any atom is 0.326 e. The van der Waals surface area contributed by atoms with E-state index in [-0.39, 0.29) is 5.92 Å². The van der Waals surface area contributed by atoms with E-state index in [2.05, 4.69) is 5.32 Å². The molecule has 0 bridgehead atoms. The summed E-state index contributed by atoms with van der Waals surface area (Å²) in [4.78, 5) is 25.0. The number of hydrogen-bond donors (Lipinski definition) is 2. The third-order valence-electron chi connectivity index (χ3n) is 3.56. The third-order valence-corrected chi connectivity index (χ3v) is 3.89. The van der Waals surface area contributed by atoms with Gasteiger partial charge in [-0.05, 0) is 30.9 Å². The van der Waals surface area contributed by atoms with Crippen molar-refractivity contribution in [3.05, 3.63) is 29.3 Å². The second-order valence-corrected chi connectivity index (χ2v) is 5.41. The van der Waals surface area contributed by atoms with Crippen molar-refractivity contribution in [3.63, 3.8) is 0 Å². The number of piperidine rings is 1. The predicted molar refractivity (Wildman–Crippen MR) is 77.0 cm³/mol. The number of amides is 2. The van der Waals surface area contributed by atoms with Crippen molar-refractivity contribution < 1.29 is 14.7 Å². The number of likely N-dealkylation sites (tertiary alicyclic amines) is 1. The van der Waals surface area contributed by atoms with E-state index in [9.17, 15) is 14.7 Å². The Bertz CT molecular complexity index is 521. The molecule has 108 valence electrons. The molecule has 0 radical (unpaired) electrons. The van der Waals surface area contributed by atoms with Crippen molar-refractivity contribution in [1.29, 1.82) is 0 Å². The molecule has 2 N–H and O–H groups in total. The number of carbonyl (C=O) groups is 2. The first-order chi connectivity index (χ1) is 9.50. The summed E-state index contributed by atoms with van der Waals surface area (Å²) in [6.45, 7) is 2.30. The maximum absolute atomic E-state index is 12.3. The molecule has 2 amide bonds. The summed E-state index contributed by atoms with van der Waals surface area (Å²) in [7, 11) is 0. The van der Waals surface area contributed by atoms with Gasteiger partial charge in [-0.3, -0.25) is 0 Å². The van der Waals surface area contributed by atoms with E-state index < -0.39 is 18.0 Å². The zero-order valence-corrected chi connectivity index (χ0v) is 11.9. The summed E-state index contributed by atoms with van der Waals surface area (Å²) in [5, 5.41) is 12.4. The first-order valence-electron chi connectivity index (χ1n) is 6.55. The van der Waals surface area contributed by atoms with Crippen LogP contribution in [0.3, 0.4) is 0 Å². The third kappa shape index (κ3) is 3.04. The topological polar surface area (TPSA) is 69.6 Å². The second-order valence-electron chi connectivity index (χ2n) is 5.01. The highest BCUT2D eigenvalue weighted by atomic mass is 35.5. The number of hydrogen-bond acceptors (Lipinski definition) is 2. The number of rotatable bonds is 2. The first kappa shape index (κ1) is 14.7. The SMILES string of the molecule is CC1CCCN(C(=O)Nc2ccccc2Cl)C1C(=O)O. The van der Waals surface area contributed by atoms with Crippen LogP contribution in [0, 0.1) is 5.92 Å². The van der Waals surface area contributed by atoms with Crippen LogP contribution in [0.25, 0.3) is 0 Å². The van der Waals surface area contributed by atoms with Crippen molar-refractivity contribution in [2.45, 2.75) is 25.8 Å². The zero-order valence-electron chi connectivity index (χ0n) is 11.2. The fourth-order valence-electron chi connectivity index (χ4n) is 2.54. The monoisotopic (exact) mass is 296 g/mol. The highest BCUT2D eigenvalue weighted by Crippen LogP contribution is 2.26. The Balaban J connectivity index is 2.15. The Morgan fingerprint density at radius 1 is 1.40 bits per heavy atom. The maximum atomic E-state index is 12.3. The number of aliphatic carboxylic acids is 1. The summed E-state index contributed by atoms with van der Waals surface area (Å²) < 4.78 is 0. The molecule has 20 heavy (non-hydrogen) atoms. The predicted octanol–water partition coefficient (Wildman–Crippen LogP) is 3.06. The highest BCUT2D eigenvalue weighted by Gasteiger charge is 2.37. The smallest absolute Gasteiger partial charge is 0.326 e. The Morgan fingerprint density at radius 3 is 2.75 bits per heavy atom. The summed E-state index contributed by atoms with van der Waals surface area (Å²) in [5.74, 6) is -1.02. The lowest BCUT2D eigenvalue weighted by Crippen LogP contribution is -2.53. The van der Waals surface area contributed by atoms with E-state index in [4.69, 9.17) is 11.6 Å². The van der Waals surface area contributed by atoms with Crippen LogP contribution in [0.4, 0.5) is 10.5 Å². The average molecular weight is 297 g/mol. The van der Waals surface area contributed by atoms with Crippen molar-refractivity contribution in [1.82, 2.24) is 4.90 Å². The van der Waals surface area contributed by atoms with Crippen molar-refractivity contribution in [2.24, 2.45) is 5.92 Å². The van der Waals surface area contributed by atoms with Gasteiger partial charge in [0.1, 0.15) is 6.04 Å². The van der Waals surface area contributed by atoms with Crippen LogP contribution in [0.5, 0.6) is 0 Å². The van der Waals surface area contributed by atoms with Crippen LogP contribution in [0.15, 0.2) is 24.3 Å². The van der Waals surface area contributed by atoms with Gasteiger partial charge in [-0.1, -0.05) is 30.7 Å². The normalized spacial score (nSPS) is 22.4. The van der Waals surface area contributed by atoms with Crippen molar-refractivity contribution in [3.8, 4) is 0 Å². The van der Waals surface area contributed by atoms with E-state index in [0.717, 1.165) is 12.8 Å². The van der Waals surface area contributed by atoms with Gasteiger partial charge in [0.05, 0.1) is 10.7 Å². The van der Waals surface area contributed by atoms with Gasteiger partial charge in [-0.25, -0.2) is 9.59 Å². The van der Waals surface area contributed by atoms with Gasteiger partial charge in [-0.15, -0.1) is 0 Å². The van der Waals surface area contributed by atoms with E-state index in [1.165, 1.54) is 4.90 Å². The lowest BCUT2D eigenvalue weighted by atomic mass is 9.91. The minimum absolute atomic E-state index is 0.0572. The summed E-state index contributed by atoms with van der Waals surface area (Å²) in [6, 6.07) is 5.67. The second kappa shape index (κ2) is 6.13. The van der Waals surface area contributed by atoms with Crippen molar-refractivity contribution >= 4 is 29.3 Å². The van der Waals surface area contributed by atoms with Gasteiger partial charge in [-0.2, -0.15) is 0 Å². The summed E-state index contributed by atoms with van der Waals surface area (Å²) >= 11 is 5.99. The molecule has 0 spiro atoms. The van der Waals surface area contributed by atoms with Gasteiger partial charge in [0.25, 0.3) is 0 Å². The molecule has 1 aromatic rings. The molecule has 0 saturated carbocycles. The molecule has 1 fully saturated rings. The fraction of sp³-hybridized carbons (Fsp3) is 0.429. The number of carbonyl (C=O) groups excluding carboxylic acids is 1. The Kier molecular flexibility index (Phi) is 4.49. The van der Waals surface area contributed by atoms with Gasteiger partial charge in [0.2, 0.25) is 0 Å². The largest absolute Gasteiger partial charge is 0.480 e. The number of carboxylic acids is 1. The Hall–Kier alpha value is -1.75. The number of para-hydroxylation sites is 1. The number of benzene rings is 1. The van der Waals surface area contributed by atoms with Gasteiger partial charge >= 0.3 is 12.0 Å². The molecule has 1 heterocycles. The summed E-state index contributed by atoms with van der Waals surface area (Å²) in [6.07, 6.45) is 1.62. The lowest BCUT2D eigenvalue weighted by Gasteiger charge is -2.37. The number of nitrogens with zero attached hydrogens (tertiary/aromatic N) is 1. The van der Waals surface area contributed by atoms with E-state index >= 15 is 0 Å². The van der Waals surface area contributed by atoms with Crippen molar-refractivity contribution in [2.75, 3.05) is 11.9 Å². The molecular weight excluding hydrogens is 280 g/mol. The minimum atomic E-state index is -0.966. The zero-order chi connectivity index (χ0) is 14.7. The van der Waals surface area contributed by atoms with E-state index in [0.29, 0.717) is 17.3 Å². The number of urea groups is 1. The molecule has 1 aliphatic rings. The Labute approximate surface area is 122 Å². The quantitative estimate of drug-likeness (QED) is 0.881. The minimum Gasteiger partial charge on any atom is -0.480 e. The van der Waals surface area contributed by atoms with Crippen LogP contribution in [0.2, 0.25) is 5.02 Å². The molecule has 6 heteroatoms. The fourth-order valence-corrected chi connectivity index (χ4v) is 2.72.